The minimum absolute atomic E-state index is 0.387. The van der Waals surface area contributed by atoms with E-state index in [4.69, 9.17) is 8.94 Å². The van der Waals surface area contributed by atoms with Gasteiger partial charge in [-0.2, -0.15) is 4.98 Å². The van der Waals surface area contributed by atoms with Crippen LogP contribution in [0.15, 0.2) is 69.2 Å². The molecule has 0 atom stereocenters. The van der Waals surface area contributed by atoms with Crippen LogP contribution >= 0.6 is 11.8 Å². The maximum atomic E-state index is 5.25. The van der Waals surface area contributed by atoms with Gasteiger partial charge in [0.15, 0.2) is 16.7 Å². The normalized spacial score (nSPS) is 11.0. The number of furan rings is 1. The van der Waals surface area contributed by atoms with Crippen LogP contribution in [0.5, 0.6) is 0 Å². The molecule has 6 nitrogen and oxygen atoms in total. The first kappa shape index (κ1) is 14.8. The van der Waals surface area contributed by atoms with Crippen molar-refractivity contribution in [1.29, 1.82) is 0 Å². The van der Waals surface area contributed by atoms with Gasteiger partial charge in [0, 0.05) is 18.1 Å². The van der Waals surface area contributed by atoms with E-state index >= 15 is 0 Å². The quantitative estimate of drug-likeness (QED) is 0.510. The fourth-order valence-electron chi connectivity index (χ4n) is 2.31. The highest BCUT2D eigenvalue weighted by molar-refractivity contribution is 7.98. The molecule has 0 fully saturated rings. The van der Waals surface area contributed by atoms with E-state index in [1.54, 1.807) is 36.4 Å². The Bertz CT molecular complexity index is 943. The van der Waals surface area contributed by atoms with Crippen molar-refractivity contribution in [3.63, 3.8) is 0 Å². The summed E-state index contributed by atoms with van der Waals surface area (Å²) in [6.07, 6.45) is 5.31. The molecule has 0 spiro atoms. The van der Waals surface area contributed by atoms with Gasteiger partial charge in [-0.25, -0.2) is 4.98 Å². The smallest absolute Gasteiger partial charge is 0.293 e. The maximum Gasteiger partial charge on any atom is 0.293 e. The van der Waals surface area contributed by atoms with E-state index in [9.17, 15) is 0 Å². The van der Waals surface area contributed by atoms with Gasteiger partial charge in [0.2, 0.25) is 0 Å². The van der Waals surface area contributed by atoms with E-state index in [0.29, 0.717) is 23.2 Å². The average molecular weight is 338 g/mol. The van der Waals surface area contributed by atoms with Crippen molar-refractivity contribution in [1.82, 2.24) is 19.7 Å². The lowest BCUT2D eigenvalue weighted by molar-refractivity contribution is 0.411. The van der Waals surface area contributed by atoms with Gasteiger partial charge in [-0.05, 0) is 36.8 Å². The molecule has 0 amide bonds. The predicted molar refractivity (Wildman–Crippen MR) is 89.9 cm³/mol. The summed E-state index contributed by atoms with van der Waals surface area (Å²) >= 11 is 1.55. The Balaban J connectivity index is 1.50. The van der Waals surface area contributed by atoms with Crippen molar-refractivity contribution in [2.45, 2.75) is 17.8 Å². The van der Waals surface area contributed by atoms with E-state index in [1.807, 2.05) is 16.8 Å². The van der Waals surface area contributed by atoms with Crippen LogP contribution in [0.25, 0.3) is 17.3 Å². The molecule has 3 heterocycles. The van der Waals surface area contributed by atoms with E-state index in [0.717, 1.165) is 10.8 Å². The molecule has 4 aromatic rings. The number of rotatable bonds is 5. The Morgan fingerprint density at radius 3 is 3.00 bits per heavy atom. The molecule has 0 radical (unpaired) electrons. The van der Waals surface area contributed by atoms with Gasteiger partial charge in [0.1, 0.15) is 0 Å². The Kier molecular flexibility index (Phi) is 3.92. The molecular formula is C17H14N4O2S. The number of nitrogens with zero attached hydrogens (tertiary/aromatic N) is 4. The number of aromatic nitrogens is 4. The van der Waals surface area contributed by atoms with Crippen LogP contribution in [0, 0.1) is 6.92 Å². The van der Waals surface area contributed by atoms with E-state index in [-0.39, 0.29) is 0 Å². The SMILES string of the molecule is Cc1cccc(-n2ccnc2SCc2noc(-c3ccco3)n2)c1. The molecule has 0 saturated heterocycles. The molecule has 0 saturated carbocycles. The molecule has 120 valence electrons. The fraction of sp³-hybridized carbons (Fsp3) is 0.118. The average Bonchev–Trinajstić information content (AvgIpc) is 3.33. The monoisotopic (exact) mass is 338 g/mol. The molecule has 0 bridgehead atoms. The highest BCUT2D eigenvalue weighted by Crippen LogP contribution is 2.25. The number of benzene rings is 1. The molecule has 1 aromatic carbocycles. The van der Waals surface area contributed by atoms with Gasteiger partial charge in [-0.1, -0.05) is 29.1 Å². The molecule has 0 aliphatic heterocycles. The zero-order valence-corrected chi connectivity index (χ0v) is 13.7. The van der Waals surface area contributed by atoms with Crippen LogP contribution in [0.4, 0.5) is 0 Å². The highest BCUT2D eigenvalue weighted by Gasteiger charge is 2.13. The van der Waals surface area contributed by atoms with Gasteiger partial charge < -0.3 is 8.94 Å². The van der Waals surface area contributed by atoms with Crippen molar-refractivity contribution < 1.29 is 8.94 Å². The lowest BCUT2D eigenvalue weighted by atomic mass is 10.2. The second-order valence-electron chi connectivity index (χ2n) is 5.20. The maximum absolute atomic E-state index is 5.25. The molecule has 0 aliphatic carbocycles. The Morgan fingerprint density at radius 1 is 1.21 bits per heavy atom. The van der Waals surface area contributed by atoms with Crippen LogP contribution in [-0.2, 0) is 5.75 Å². The summed E-state index contributed by atoms with van der Waals surface area (Å²) in [5, 5.41) is 4.86. The van der Waals surface area contributed by atoms with Crippen molar-refractivity contribution in [3.05, 3.63) is 66.4 Å². The van der Waals surface area contributed by atoms with Crippen molar-refractivity contribution in [2.75, 3.05) is 0 Å². The zero-order chi connectivity index (χ0) is 16.4. The van der Waals surface area contributed by atoms with Crippen molar-refractivity contribution in [3.8, 4) is 17.3 Å². The first-order chi connectivity index (χ1) is 11.8. The van der Waals surface area contributed by atoms with E-state index in [1.165, 1.54) is 5.56 Å². The third-order valence-electron chi connectivity index (χ3n) is 3.42. The minimum Gasteiger partial charge on any atom is -0.459 e. The van der Waals surface area contributed by atoms with Crippen LogP contribution in [-0.4, -0.2) is 19.7 Å². The third-order valence-corrected chi connectivity index (χ3v) is 4.38. The lowest BCUT2D eigenvalue weighted by Gasteiger charge is -2.07. The van der Waals surface area contributed by atoms with Crippen molar-refractivity contribution in [2.24, 2.45) is 0 Å². The van der Waals surface area contributed by atoms with Crippen LogP contribution < -0.4 is 0 Å². The van der Waals surface area contributed by atoms with E-state index < -0.39 is 0 Å². The molecule has 24 heavy (non-hydrogen) atoms. The Morgan fingerprint density at radius 2 is 2.17 bits per heavy atom. The van der Waals surface area contributed by atoms with Crippen LogP contribution in [0.2, 0.25) is 0 Å². The summed E-state index contributed by atoms with van der Waals surface area (Å²) in [6.45, 7) is 2.07. The second kappa shape index (κ2) is 6.37. The lowest BCUT2D eigenvalue weighted by Crippen LogP contribution is -1.96. The standard InChI is InChI=1S/C17H14N4O2S/c1-12-4-2-5-13(10-12)21-8-7-18-17(21)24-11-15-19-16(23-20-15)14-6-3-9-22-14/h2-10H,11H2,1H3. The van der Waals surface area contributed by atoms with Gasteiger partial charge in [-0.3, -0.25) is 4.57 Å². The molecular weight excluding hydrogens is 324 g/mol. The Labute approximate surface area is 142 Å². The largest absolute Gasteiger partial charge is 0.459 e. The summed E-state index contributed by atoms with van der Waals surface area (Å²) < 4.78 is 12.5. The number of hydrogen-bond donors (Lipinski definition) is 0. The summed E-state index contributed by atoms with van der Waals surface area (Å²) in [5.74, 6) is 2.12. The molecule has 4 rings (SSSR count). The number of hydrogen-bond acceptors (Lipinski definition) is 6. The van der Waals surface area contributed by atoms with Crippen molar-refractivity contribution >= 4 is 11.8 Å². The summed E-state index contributed by atoms with van der Waals surface area (Å²) in [7, 11) is 0. The van der Waals surface area contributed by atoms with Gasteiger partial charge >= 0.3 is 0 Å². The van der Waals surface area contributed by atoms with Crippen LogP contribution in [0.1, 0.15) is 11.4 Å². The molecule has 7 heteroatoms. The van der Waals surface area contributed by atoms with Gasteiger partial charge in [0.25, 0.3) is 5.89 Å². The number of thioether (sulfide) groups is 1. The van der Waals surface area contributed by atoms with Gasteiger partial charge in [-0.15, -0.1) is 0 Å². The molecule has 0 N–H and O–H groups in total. The fourth-order valence-corrected chi connectivity index (χ4v) is 3.13. The van der Waals surface area contributed by atoms with E-state index in [2.05, 4.69) is 40.2 Å². The molecule has 0 unspecified atom stereocenters. The van der Waals surface area contributed by atoms with Gasteiger partial charge in [0.05, 0.1) is 12.0 Å². The topological polar surface area (TPSA) is 69.9 Å². The zero-order valence-electron chi connectivity index (χ0n) is 12.9. The third kappa shape index (κ3) is 2.98. The minimum atomic E-state index is 0.387. The summed E-state index contributed by atoms with van der Waals surface area (Å²) in [4.78, 5) is 8.75. The first-order valence-corrected chi connectivity index (χ1v) is 8.38. The summed E-state index contributed by atoms with van der Waals surface area (Å²) in [5.41, 5.74) is 2.29. The highest BCUT2D eigenvalue weighted by atomic mass is 32.2. The molecule has 3 aromatic heterocycles. The Hall–Kier alpha value is -2.80. The summed E-state index contributed by atoms with van der Waals surface area (Å²) in [6, 6.07) is 11.9. The second-order valence-corrected chi connectivity index (χ2v) is 6.14. The van der Waals surface area contributed by atoms with Crippen LogP contribution in [0.3, 0.4) is 0 Å². The molecule has 0 aliphatic rings. The first-order valence-electron chi connectivity index (χ1n) is 7.39. The number of imidazole rings is 1. The number of aryl methyl sites for hydroxylation is 1. The predicted octanol–water partition coefficient (Wildman–Crippen LogP) is 4.12.